The molecule has 0 radical (unpaired) electrons. The molecule has 4 unspecified atom stereocenters. The first kappa shape index (κ1) is 13.1. The highest BCUT2D eigenvalue weighted by molar-refractivity contribution is 7.84. The topological polar surface area (TPSA) is 49.3 Å². The maximum atomic E-state index is 10.9. The summed E-state index contributed by atoms with van der Waals surface area (Å²) in [4.78, 5) is 0. The van der Waals surface area contributed by atoms with Crippen LogP contribution < -0.4 is 5.32 Å². The maximum Gasteiger partial charge on any atom is 0.0693 e. The second kappa shape index (κ2) is 6.61. The molecule has 0 amide bonds. The number of aliphatic hydroxyl groups excluding tert-OH is 1. The van der Waals surface area contributed by atoms with Crippen LogP contribution in [0, 0.1) is 0 Å². The minimum absolute atomic E-state index is 0.187. The van der Waals surface area contributed by atoms with Gasteiger partial charge in [0, 0.05) is 34.9 Å². The third kappa shape index (κ3) is 5.09. The lowest BCUT2D eigenvalue weighted by atomic mass is 9.92. The van der Waals surface area contributed by atoms with Crippen LogP contribution in [0.25, 0.3) is 0 Å². The highest BCUT2D eigenvalue weighted by Crippen LogP contribution is 2.19. The lowest BCUT2D eigenvalue weighted by Gasteiger charge is -2.31. The normalized spacial score (nSPS) is 31.1. The molecular formula is C11H23NO2S. The molecule has 0 aliphatic heterocycles. The standard InChI is InChI=1S/C11H23NO2S/c1-9(7-8-15(2)14)12-10-5-3-4-6-11(10)13/h9-13H,3-8H2,1-2H3. The molecule has 4 atom stereocenters. The van der Waals surface area contributed by atoms with Gasteiger partial charge in [-0.3, -0.25) is 4.21 Å². The molecule has 4 heteroatoms. The summed E-state index contributed by atoms with van der Waals surface area (Å²) in [6.07, 6.45) is 6.82. The van der Waals surface area contributed by atoms with Crippen LogP contribution in [0.15, 0.2) is 0 Å². The molecule has 90 valence electrons. The van der Waals surface area contributed by atoms with Gasteiger partial charge in [-0.2, -0.15) is 0 Å². The van der Waals surface area contributed by atoms with Gasteiger partial charge in [-0.25, -0.2) is 0 Å². The van der Waals surface area contributed by atoms with Crippen LogP contribution in [-0.2, 0) is 10.8 Å². The van der Waals surface area contributed by atoms with Gasteiger partial charge >= 0.3 is 0 Å². The molecule has 0 saturated heterocycles. The first-order chi connectivity index (χ1) is 7.09. The summed E-state index contributed by atoms with van der Waals surface area (Å²) in [6.45, 7) is 2.11. The highest BCUT2D eigenvalue weighted by Gasteiger charge is 2.23. The van der Waals surface area contributed by atoms with Crippen LogP contribution in [0.3, 0.4) is 0 Å². The van der Waals surface area contributed by atoms with E-state index in [1.165, 1.54) is 6.42 Å². The Morgan fingerprint density at radius 3 is 2.73 bits per heavy atom. The fraction of sp³-hybridized carbons (Fsp3) is 1.00. The average molecular weight is 233 g/mol. The van der Waals surface area contributed by atoms with Crippen molar-refractivity contribution in [3.05, 3.63) is 0 Å². The molecule has 1 aliphatic rings. The van der Waals surface area contributed by atoms with E-state index in [-0.39, 0.29) is 12.1 Å². The minimum Gasteiger partial charge on any atom is -0.392 e. The molecular weight excluding hydrogens is 210 g/mol. The second-order valence-electron chi connectivity index (χ2n) is 4.59. The van der Waals surface area contributed by atoms with Crippen LogP contribution >= 0.6 is 0 Å². The summed E-state index contributed by atoms with van der Waals surface area (Å²) in [5.74, 6) is 0.747. The molecule has 1 saturated carbocycles. The van der Waals surface area contributed by atoms with E-state index >= 15 is 0 Å². The van der Waals surface area contributed by atoms with E-state index in [2.05, 4.69) is 12.2 Å². The Balaban J connectivity index is 2.23. The van der Waals surface area contributed by atoms with Crippen molar-refractivity contribution < 1.29 is 9.32 Å². The first-order valence-corrected chi connectivity index (χ1v) is 7.56. The zero-order chi connectivity index (χ0) is 11.3. The zero-order valence-electron chi connectivity index (χ0n) is 9.74. The Kier molecular flexibility index (Phi) is 5.79. The van der Waals surface area contributed by atoms with Crippen molar-refractivity contribution >= 4 is 10.8 Å². The SMILES string of the molecule is CC(CCS(C)=O)NC1CCCCC1O. The number of aliphatic hydroxyl groups is 1. The predicted octanol–water partition coefficient (Wildman–Crippen LogP) is 1.04. The zero-order valence-corrected chi connectivity index (χ0v) is 10.6. The summed E-state index contributed by atoms with van der Waals surface area (Å²) in [7, 11) is -0.704. The number of nitrogens with one attached hydrogen (secondary N) is 1. The molecule has 1 aliphatic carbocycles. The lowest BCUT2D eigenvalue weighted by molar-refractivity contribution is 0.0858. The Morgan fingerprint density at radius 1 is 1.47 bits per heavy atom. The van der Waals surface area contributed by atoms with Gasteiger partial charge in [-0.05, 0) is 26.2 Å². The maximum absolute atomic E-state index is 10.9. The van der Waals surface area contributed by atoms with Gasteiger partial charge in [0.05, 0.1) is 6.10 Å². The van der Waals surface area contributed by atoms with Gasteiger partial charge < -0.3 is 10.4 Å². The average Bonchev–Trinajstić information content (AvgIpc) is 2.18. The molecule has 0 aromatic rings. The molecule has 0 aromatic carbocycles. The van der Waals surface area contributed by atoms with Crippen molar-refractivity contribution in [2.24, 2.45) is 0 Å². The molecule has 2 N–H and O–H groups in total. The number of hydrogen-bond donors (Lipinski definition) is 2. The smallest absolute Gasteiger partial charge is 0.0693 e. The van der Waals surface area contributed by atoms with E-state index in [0.717, 1.165) is 31.4 Å². The van der Waals surface area contributed by atoms with Gasteiger partial charge in [-0.15, -0.1) is 0 Å². The van der Waals surface area contributed by atoms with Gasteiger partial charge in [-0.1, -0.05) is 12.8 Å². The van der Waals surface area contributed by atoms with E-state index < -0.39 is 10.8 Å². The first-order valence-electron chi connectivity index (χ1n) is 5.83. The lowest BCUT2D eigenvalue weighted by Crippen LogP contribution is -2.46. The van der Waals surface area contributed by atoms with E-state index in [1.807, 2.05) is 0 Å². The Bertz CT molecular complexity index is 211. The third-order valence-corrected chi connectivity index (χ3v) is 3.88. The van der Waals surface area contributed by atoms with E-state index in [0.29, 0.717) is 6.04 Å². The Labute approximate surface area is 95.1 Å². The van der Waals surface area contributed by atoms with Crippen LogP contribution in [-0.4, -0.2) is 39.5 Å². The largest absolute Gasteiger partial charge is 0.392 e. The fourth-order valence-electron chi connectivity index (χ4n) is 2.10. The molecule has 3 nitrogen and oxygen atoms in total. The summed E-state index contributed by atoms with van der Waals surface area (Å²) >= 11 is 0. The van der Waals surface area contributed by atoms with Crippen molar-refractivity contribution in [3.63, 3.8) is 0 Å². The van der Waals surface area contributed by atoms with E-state index in [4.69, 9.17) is 0 Å². The molecule has 0 aromatic heterocycles. The second-order valence-corrected chi connectivity index (χ2v) is 6.15. The summed E-state index contributed by atoms with van der Waals surface area (Å²) in [5.41, 5.74) is 0. The highest BCUT2D eigenvalue weighted by atomic mass is 32.2. The Hall–Kier alpha value is 0.0700. The van der Waals surface area contributed by atoms with Crippen molar-refractivity contribution in [3.8, 4) is 0 Å². The third-order valence-electron chi connectivity index (χ3n) is 3.07. The summed E-state index contributed by atoms with van der Waals surface area (Å²) in [6, 6.07) is 0.602. The van der Waals surface area contributed by atoms with Crippen LogP contribution in [0.1, 0.15) is 39.0 Å². The summed E-state index contributed by atoms with van der Waals surface area (Å²) < 4.78 is 10.9. The van der Waals surface area contributed by atoms with Gasteiger partial charge in [0.25, 0.3) is 0 Å². The molecule has 15 heavy (non-hydrogen) atoms. The van der Waals surface area contributed by atoms with Crippen molar-refractivity contribution in [2.45, 2.75) is 57.2 Å². The van der Waals surface area contributed by atoms with Crippen LogP contribution in [0.4, 0.5) is 0 Å². The van der Waals surface area contributed by atoms with Crippen molar-refractivity contribution in [1.82, 2.24) is 5.32 Å². The van der Waals surface area contributed by atoms with Crippen LogP contribution in [0.2, 0.25) is 0 Å². The van der Waals surface area contributed by atoms with E-state index in [9.17, 15) is 9.32 Å². The monoisotopic (exact) mass is 233 g/mol. The molecule has 0 bridgehead atoms. The van der Waals surface area contributed by atoms with Crippen molar-refractivity contribution in [2.75, 3.05) is 12.0 Å². The fourth-order valence-corrected chi connectivity index (χ4v) is 2.78. The summed E-state index contributed by atoms with van der Waals surface area (Å²) in [5, 5.41) is 13.2. The van der Waals surface area contributed by atoms with Gasteiger partial charge in [0.2, 0.25) is 0 Å². The molecule has 0 heterocycles. The quantitative estimate of drug-likeness (QED) is 0.746. The van der Waals surface area contributed by atoms with Gasteiger partial charge in [0.15, 0.2) is 0 Å². The minimum atomic E-state index is -0.704. The predicted molar refractivity (Wildman–Crippen MR) is 64.4 cm³/mol. The van der Waals surface area contributed by atoms with E-state index in [1.54, 1.807) is 6.26 Å². The number of rotatable bonds is 5. The molecule has 1 fully saturated rings. The van der Waals surface area contributed by atoms with Gasteiger partial charge in [0.1, 0.15) is 0 Å². The Morgan fingerprint density at radius 2 is 2.13 bits per heavy atom. The number of hydrogen-bond acceptors (Lipinski definition) is 3. The van der Waals surface area contributed by atoms with Crippen LogP contribution in [0.5, 0.6) is 0 Å². The van der Waals surface area contributed by atoms with Crippen molar-refractivity contribution in [1.29, 1.82) is 0 Å². The molecule has 0 spiro atoms. The molecule has 1 rings (SSSR count).